The van der Waals surface area contributed by atoms with E-state index in [1.807, 2.05) is 36.5 Å². The number of aromatic nitrogens is 1. The van der Waals surface area contributed by atoms with E-state index in [-0.39, 0.29) is 0 Å². The Morgan fingerprint density at radius 3 is 2.68 bits per heavy atom. The largest absolute Gasteiger partial charge is 0.400 e. The highest BCUT2D eigenvalue weighted by Crippen LogP contribution is 2.34. The molecule has 1 fully saturated rings. The molecule has 0 unspecified atom stereocenters. The van der Waals surface area contributed by atoms with Gasteiger partial charge in [0.1, 0.15) is 0 Å². The van der Waals surface area contributed by atoms with Crippen molar-refractivity contribution in [3.8, 4) is 0 Å². The van der Waals surface area contributed by atoms with Gasteiger partial charge in [0, 0.05) is 41.7 Å². The molecule has 0 saturated carbocycles. The number of likely N-dealkylation sites (tertiary alicyclic amines) is 1. The van der Waals surface area contributed by atoms with Gasteiger partial charge in [-0.1, -0.05) is 54.9 Å². The van der Waals surface area contributed by atoms with Crippen molar-refractivity contribution >= 4 is 33.5 Å². The molecule has 1 saturated heterocycles. The smallest absolute Gasteiger partial charge is 0.187 e. The van der Waals surface area contributed by atoms with Crippen molar-refractivity contribution in [3.05, 3.63) is 113 Å². The van der Waals surface area contributed by atoms with Gasteiger partial charge in [0.15, 0.2) is 5.13 Å². The van der Waals surface area contributed by atoms with Gasteiger partial charge in [-0.3, -0.25) is 4.90 Å². The minimum absolute atomic E-state index is 0.822. The summed E-state index contributed by atoms with van der Waals surface area (Å²) in [5.41, 5.74) is 14.1. The molecule has 6 nitrogen and oxygen atoms in total. The zero-order chi connectivity index (χ0) is 26.5. The number of allylic oxidation sites excluding steroid dienone is 5. The number of anilines is 2. The molecule has 5 rings (SSSR count). The maximum atomic E-state index is 6.13. The SMILES string of the molecule is C=C(NC1=C(N)CCC=C1)c1ccc(Nc2ncc(/C(=C/C)N3C=C(CN4CCCC4)C=CC3=C)s2)cc1. The second kappa shape index (κ2) is 11.7. The third kappa shape index (κ3) is 6.01. The Morgan fingerprint density at radius 1 is 1.16 bits per heavy atom. The third-order valence-corrected chi connectivity index (χ3v) is 7.91. The molecular formula is C31H36N6S. The maximum Gasteiger partial charge on any atom is 0.187 e. The lowest BCUT2D eigenvalue weighted by molar-refractivity contribution is 0.369. The lowest BCUT2D eigenvalue weighted by Crippen LogP contribution is -2.24. The highest BCUT2D eigenvalue weighted by molar-refractivity contribution is 7.16. The van der Waals surface area contributed by atoms with Crippen LogP contribution in [0.4, 0.5) is 10.8 Å². The number of hydrogen-bond acceptors (Lipinski definition) is 7. The van der Waals surface area contributed by atoms with Gasteiger partial charge < -0.3 is 21.3 Å². The van der Waals surface area contributed by atoms with Gasteiger partial charge in [-0.2, -0.15) is 0 Å². The average Bonchev–Trinajstić information content (AvgIpc) is 3.61. The van der Waals surface area contributed by atoms with Crippen molar-refractivity contribution in [2.75, 3.05) is 25.0 Å². The molecule has 3 aliphatic rings. The second-order valence-corrected chi connectivity index (χ2v) is 10.8. The number of nitrogens with zero attached hydrogens (tertiary/aromatic N) is 3. The fourth-order valence-electron chi connectivity index (χ4n) is 4.86. The van der Waals surface area contributed by atoms with Crippen molar-refractivity contribution in [1.29, 1.82) is 0 Å². The van der Waals surface area contributed by atoms with E-state index in [2.05, 4.69) is 76.0 Å². The van der Waals surface area contributed by atoms with Crippen molar-refractivity contribution in [2.24, 2.45) is 5.73 Å². The molecule has 3 heterocycles. The number of nitrogens with two attached hydrogens (primary N) is 1. The molecule has 7 heteroatoms. The standard InChI is InChI=1S/C31H36N6S/c1-4-29(37-21-24(12-11-22(37)2)20-36-17-7-8-18-36)30-19-33-31(38-30)35-26-15-13-25(14-16-26)23(3)34-28-10-6-5-9-27(28)32/h4,6,10-16,19,21,34H,2-3,5,7-9,17-18,20,32H2,1H3,(H,33,35)/b29-4-. The highest BCUT2D eigenvalue weighted by atomic mass is 32.1. The van der Waals surface area contributed by atoms with Gasteiger partial charge in [0.2, 0.25) is 0 Å². The molecule has 1 aliphatic carbocycles. The summed E-state index contributed by atoms with van der Waals surface area (Å²) in [5.74, 6) is 0. The third-order valence-electron chi connectivity index (χ3n) is 6.97. The van der Waals surface area contributed by atoms with E-state index in [1.54, 1.807) is 11.3 Å². The summed E-state index contributed by atoms with van der Waals surface area (Å²) in [4.78, 5) is 10.4. The van der Waals surface area contributed by atoms with E-state index >= 15 is 0 Å². The summed E-state index contributed by atoms with van der Waals surface area (Å²) >= 11 is 1.63. The van der Waals surface area contributed by atoms with Gasteiger partial charge >= 0.3 is 0 Å². The van der Waals surface area contributed by atoms with Crippen LogP contribution >= 0.6 is 11.3 Å². The topological polar surface area (TPSA) is 69.4 Å². The summed E-state index contributed by atoms with van der Waals surface area (Å²) in [6, 6.07) is 8.17. The molecule has 2 aromatic rings. The molecule has 4 N–H and O–H groups in total. The average molecular weight is 525 g/mol. The summed E-state index contributed by atoms with van der Waals surface area (Å²) in [7, 11) is 0. The molecule has 0 spiro atoms. The summed E-state index contributed by atoms with van der Waals surface area (Å²) < 4.78 is 0. The Bertz CT molecular complexity index is 1350. The zero-order valence-electron chi connectivity index (χ0n) is 22.0. The fraction of sp³-hybridized carbons (Fsp3) is 0.258. The molecule has 0 atom stereocenters. The first-order valence-electron chi connectivity index (χ1n) is 13.2. The normalized spacial score (nSPS) is 18.2. The number of rotatable bonds is 9. The van der Waals surface area contributed by atoms with Crippen LogP contribution in [0.15, 0.2) is 103 Å². The van der Waals surface area contributed by atoms with Crippen LogP contribution in [-0.2, 0) is 0 Å². The van der Waals surface area contributed by atoms with Crippen LogP contribution in [0.1, 0.15) is 43.0 Å². The first-order chi connectivity index (χ1) is 18.5. The highest BCUT2D eigenvalue weighted by Gasteiger charge is 2.19. The monoisotopic (exact) mass is 524 g/mol. The predicted octanol–water partition coefficient (Wildman–Crippen LogP) is 6.69. The van der Waals surface area contributed by atoms with Crippen LogP contribution in [0.5, 0.6) is 0 Å². The van der Waals surface area contributed by atoms with Gasteiger partial charge in [-0.15, -0.1) is 0 Å². The Morgan fingerprint density at radius 2 is 1.95 bits per heavy atom. The van der Waals surface area contributed by atoms with Crippen LogP contribution in [0.25, 0.3) is 11.4 Å². The second-order valence-electron chi connectivity index (χ2n) is 9.77. The van der Waals surface area contributed by atoms with E-state index in [0.717, 1.165) is 69.1 Å². The minimum Gasteiger partial charge on any atom is -0.400 e. The van der Waals surface area contributed by atoms with Crippen molar-refractivity contribution in [2.45, 2.75) is 32.6 Å². The Kier molecular flexibility index (Phi) is 7.96. The van der Waals surface area contributed by atoms with Crippen LogP contribution in [0.3, 0.4) is 0 Å². The lowest BCUT2D eigenvalue weighted by Gasteiger charge is -2.28. The van der Waals surface area contributed by atoms with E-state index in [4.69, 9.17) is 5.73 Å². The van der Waals surface area contributed by atoms with E-state index < -0.39 is 0 Å². The van der Waals surface area contributed by atoms with Gasteiger partial charge in [-0.05, 0) is 81.1 Å². The molecule has 1 aromatic heterocycles. The van der Waals surface area contributed by atoms with E-state index in [1.165, 1.54) is 31.5 Å². The molecule has 1 aromatic carbocycles. The summed E-state index contributed by atoms with van der Waals surface area (Å²) in [5, 5.41) is 7.63. The molecule has 196 valence electrons. The fourth-order valence-corrected chi connectivity index (χ4v) is 5.77. The number of benzene rings is 1. The predicted molar refractivity (Wildman–Crippen MR) is 161 cm³/mol. The van der Waals surface area contributed by atoms with Crippen LogP contribution in [0.2, 0.25) is 0 Å². The minimum atomic E-state index is 0.822. The van der Waals surface area contributed by atoms with E-state index in [9.17, 15) is 0 Å². The molecule has 0 bridgehead atoms. The summed E-state index contributed by atoms with van der Waals surface area (Å²) in [6.45, 7) is 13.9. The van der Waals surface area contributed by atoms with Gasteiger partial charge in [-0.25, -0.2) is 4.98 Å². The number of thiazole rings is 1. The Hall–Kier alpha value is -3.81. The van der Waals surface area contributed by atoms with Gasteiger partial charge in [0.25, 0.3) is 0 Å². The quantitative estimate of drug-likeness (QED) is 0.339. The van der Waals surface area contributed by atoms with Gasteiger partial charge in [0.05, 0.1) is 16.3 Å². The summed E-state index contributed by atoms with van der Waals surface area (Å²) in [6.07, 6.45) is 19.2. The molecular weight excluding hydrogens is 488 g/mol. The van der Waals surface area contributed by atoms with Crippen molar-refractivity contribution in [1.82, 2.24) is 20.1 Å². The molecule has 38 heavy (non-hydrogen) atoms. The van der Waals surface area contributed by atoms with Crippen LogP contribution < -0.4 is 16.4 Å². The first kappa shape index (κ1) is 25.8. The Balaban J connectivity index is 1.24. The molecule has 0 radical (unpaired) electrons. The van der Waals surface area contributed by atoms with Crippen LogP contribution in [-0.4, -0.2) is 34.4 Å². The number of nitrogens with one attached hydrogen (secondary N) is 2. The lowest BCUT2D eigenvalue weighted by atomic mass is 10.1. The first-order valence-corrected chi connectivity index (χ1v) is 14.0. The zero-order valence-corrected chi connectivity index (χ0v) is 22.9. The molecule has 0 amide bonds. The number of hydrogen-bond donors (Lipinski definition) is 3. The maximum absolute atomic E-state index is 6.13. The van der Waals surface area contributed by atoms with E-state index in [0.29, 0.717) is 0 Å². The van der Waals surface area contributed by atoms with Crippen molar-refractivity contribution in [3.63, 3.8) is 0 Å². The van der Waals surface area contributed by atoms with Crippen molar-refractivity contribution < 1.29 is 0 Å². The molecule has 2 aliphatic heterocycles. The van der Waals surface area contributed by atoms with Crippen LogP contribution in [0, 0.1) is 0 Å². The Labute approximate surface area is 229 Å².